The lowest BCUT2D eigenvalue weighted by Gasteiger charge is -2.14. The van der Waals surface area contributed by atoms with Crippen molar-refractivity contribution in [1.82, 2.24) is 0 Å². The standard InChI is InChI=1S/C18H11BrN2OS/c19-12-5-7-13(8-6-12)20-17-15-3-1-2-4-16(15)21(18(17)22)14-9-10-23-11-14/h1-11H. The predicted molar refractivity (Wildman–Crippen MR) is 98.2 cm³/mol. The number of para-hydroxylation sites is 1. The van der Waals surface area contributed by atoms with Crippen LogP contribution < -0.4 is 4.90 Å². The Morgan fingerprint density at radius 3 is 2.52 bits per heavy atom. The van der Waals surface area contributed by atoms with E-state index < -0.39 is 0 Å². The van der Waals surface area contributed by atoms with Gasteiger partial charge in [-0.3, -0.25) is 9.69 Å². The molecule has 0 fully saturated rings. The molecule has 2 heterocycles. The molecule has 4 rings (SSSR count). The van der Waals surface area contributed by atoms with Crippen molar-refractivity contribution in [3.8, 4) is 0 Å². The molecule has 3 aromatic rings. The van der Waals surface area contributed by atoms with Crippen molar-refractivity contribution < 1.29 is 4.79 Å². The molecule has 0 atom stereocenters. The Morgan fingerprint density at radius 1 is 1.00 bits per heavy atom. The van der Waals surface area contributed by atoms with Crippen molar-refractivity contribution >= 4 is 55.9 Å². The fraction of sp³-hybridized carbons (Fsp3) is 0. The Hall–Kier alpha value is -2.24. The smallest absolute Gasteiger partial charge is 0.274 e. The molecule has 2 aromatic carbocycles. The summed E-state index contributed by atoms with van der Waals surface area (Å²) in [5.41, 5.74) is 3.87. The Morgan fingerprint density at radius 2 is 1.78 bits per heavy atom. The Balaban J connectivity index is 1.85. The minimum absolute atomic E-state index is 0.0903. The van der Waals surface area contributed by atoms with Gasteiger partial charge in [-0.25, -0.2) is 4.99 Å². The van der Waals surface area contributed by atoms with E-state index in [9.17, 15) is 4.79 Å². The molecule has 0 N–H and O–H groups in total. The van der Waals surface area contributed by atoms with Crippen LogP contribution in [0.1, 0.15) is 5.56 Å². The fourth-order valence-corrected chi connectivity index (χ4v) is 3.48. The zero-order chi connectivity index (χ0) is 15.8. The van der Waals surface area contributed by atoms with Gasteiger partial charge in [0.15, 0.2) is 0 Å². The van der Waals surface area contributed by atoms with Gasteiger partial charge in [0.2, 0.25) is 0 Å². The summed E-state index contributed by atoms with van der Waals surface area (Å²) in [4.78, 5) is 19.2. The monoisotopic (exact) mass is 382 g/mol. The molecule has 5 heteroatoms. The third kappa shape index (κ3) is 2.52. The van der Waals surface area contributed by atoms with Crippen molar-refractivity contribution in [2.75, 3.05) is 4.90 Å². The zero-order valence-electron chi connectivity index (χ0n) is 11.9. The maximum Gasteiger partial charge on any atom is 0.282 e. The van der Waals surface area contributed by atoms with Crippen molar-refractivity contribution in [1.29, 1.82) is 0 Å². The minimum atomic E-state index is -0.0903. The van der Waals surface area contributed by atoms with Gasteiger partial charge in [0.05, 0.1) is 17.1 Å². The largest absolute Gasteiger partial charge is 0.282 e. The zero-order valence-corrected chi connectivity index (χ0v) is 14.3. The molecule has 3 nitrogen and oxygen atoms in total. The van der Waals surface area contributed by atoms with Gasteiger partial charge in [-0.15, -0.1) is 0 Å². The first kappa shape index (κ1) is 14.4. The van der Waals surface area contributed by atoms with E-state index in [1.54, 1.807) is 16.2 Å². The molecule has 112 valence electrons. The van der Waals surface area contributed by atoms with Gasteiger partial charge in [0.25, 0.3) is 5.91 Å². The van der Waals surface area contributed by atoms with E-state index in [0.717, 1.165) is 27.1 Å². The van der Waals surface area contributed by atoms with Crippen molar-refractivity contribution in [2.45, 2.75) is 0 Å². The van der Waals surface area contributed by atoms with Gasteiger partial charge >= 0.3 is 0 Å². The molecular weight excluding hydrogens is 372 g/mol. The van der Waals surface area contributed by atoms with E-state index >= 15 is 0 Å². The van der Waals surface area contributed by atoms with Gasteiger partial charge in [0, 0.05) is 15.4 Å². The van der Waals surface area contributed by atoms with Gasteiger partial charge in [-0.1, -0.05) is 34.1 Å². The van der Waals surface area contributed by atoms with E-state index in [4.69, 9.17) is 0 Å². The minimum Gasteiger partial charge on any atom is -0.274 e. The van der Waals surface area contributed by atoms with Crippen molar-refractivity contribution in [3.63, 3.8) is 0 Å². The normalized spacial score (nSPS) is 15.3. The average molecular weight is 383 g/mol. The first-order chi connectivity index (χ1) is 11.2. The van der Waals surface area contributed by atoms with Crippen LogP contribution in [0.2, 0.25) is 0 Å². The lowest BCUT2D eigenvalue weighted by atomic mass is 10.1. The lowest BCUT2D eigenvalue weighted by molar-refractivity contribution is -0.111. The third-order valence-corrected chi connectivity index (χ3v) is 4.84. The average Bonchev–Trinajstić information content (AvgIpc) is 3.17. The Bertz CT molecular complexity index is 901. The number of carbonyl (C=O) groups is 1. The summed E-state index contributed by atoms with van der Waals surface area (Å²) in [6.07, 6.45) is 0. The first-order valence-corrected chi connectivity index (χ1v) is 8.78. The molecular formula is C18H11BrN2OS. The molecule has 0 radical (unpaired) electrons. The maximum absolute atomic E-state index is 12.9. The molecule has 1 aliphatic rings. The van der Waals surface area contributed by atoms with E-state index in [1.807, 2.05) is 65.4 Å². The van der Waals surface area contributed by atoms with Crippen LogP contribution in [0.3, 0.4) is 0 Å². The highest BCUT2D eigenvalue weighted by atomic mass is 79.9. The second kappa shape index (κ2) is 5.76. The maximum atomic E-state index is 12.9. The van der Waals surface area contributed by atoms with Crippen LogP contribution in [0.5, 0.6) is 0 Å². The summed E-state index contributed by atoms with van der Waals surface area (Å²) < 4.78 is 0.986. The summed E-state index contributed by atoms with van der Waals surface area (Å²) in [6.45, 7) is 0. The van der Waals surface area contributed by atoms with E-state index in [0.29, 0.717) is 5.71 Å². The van der Waals surface area contributed by atoms with Crippen molar-refractivity contribution in [2.24, 2.45) is 4.99 Å². The number of hydrogen-bond donors (Lipinski definition) is 0. The number of fused-ring (bicyclic) bond motifs is 1. The number of hydrogen-bond acceptors (Lipinski definition) is 3. The molecule has 1 aliphatic heterocycles. The molecule has 23 heavy (non-hydrogen) atoms. The van der Waals surface area contributed by atoms with Gasteiger partial charge in [0.1, 0.15) is 5.71 Å². The Labute approximate surface area is 146 Å². The number of thiophene rings is 1. The number of anilines is 2. The van der Waals surface area contributed by atoms with Crippen LogP contribution in [0, 0.1) is 0 Å². The van der Waals surface area contributed by atoms with E-state index in [-0.39, 0.29) is 5.91 Å². The Kier molecular flexibility index (Phi) is 3.59. The molecule has 0 saturated heterocycles. The summed E-state index contributed by atoms with van der Waals surface area (Å²) in [6, 6.07) is 17.3. The first-order valence-electron chi connectivity index (χ1n) is 7.04. The molecule has 0 spiro atoms. The highest BCUT2D eigenvalue weighted by Crippen LogP contribution is 2.37. The summed E-state index contributed by atoms with van der Waals surface area (Å²) >= 11 is 4.98. The van der Waals surface area contributed by atoms with Gasteiger partial charge < -0.3 is 0 Å². The third-order valence-electron chi connectivity index (χ3n) is 3.64. The molecule has 1 amide bonds. The number of benzene rings is 2. The summed E-state index contributed by atoms with van der Waals surface area (Å²) in [5.74, 6) is -0.0903. The summed E-state index contributed by atoms with van der Waals surface area (Å²) in [5, 5.41) is 3.94. The predicted octanol–water partition coefficient (Wildman–Crippen LogP) is 5.31. The number of aliphatic imine (C=N–C) groups is 1. The lowest BCUT2D eigenvalue weighted by Crippen LogP contribution is -2.24. The van der Waals surface area contributed by atoms with Crippen molar-refractivity contribution in [3.05, 3.63) is 75.4 Å². The molecule has 0 aliphatic carbocycles. The number of nitrogens with zero attached hydrogens (tertiary/aromatic N) is 2. The molecule has 0 unspecified atom stereocenters. The van der Waals surface area contributed by atoms with Crippen LogP contribution in [0.25, 0.3) is 0 Å². The highest BCUT2D eigenvalue weighted by Gasteiger charge is 2.34. The number of rotatable bonds is 2. The number of carbonyl (C=O) groups excluding carboxylic acids is 1. The van der Waals surface area contributed by atoms with Gasteiger partial charge in [-0.2, -0.15) is 11.3 Å². The van der Waals surface area contributed by atoms with Crippen LogP contribution in [0.15, 0.2) is 74.8 Å². The quantitative estimate of drug-likeness (QED) is 0.590. The van der Waals surface area contributed by atoms with Crippen LogP contribution >= 0.6 is 27.3 Å². The molecule has 0 bridgehead atoms. The van der Waals surface area contributed by atoms with Crippen LogP contribution in [-0.2, 0) is 4.79 Å². The summed E-state index contributed by atoms with van der Waals surface area (Å²) in [7, 11) is 0. The van der Waals surface area contributed by atoms with Crippen LogP contribution in [0.4, 0.5) is 17.1 Å². The molecule has 0 saturated carbocycles. The van der Waals surface area contributed by atoms with Gasteiger partial charge in [-0.05, 0) is 41.8 Å². The topological polar surface area (TPSA) is 32.7 Å². The van der Waals surface area contributed by atoms with E-state index in [2.05, 4.69) is 20.9 Å². The molecule has 1 aromatic heterocycles. The van der Waals surface area contributed by atoms with E-state index in [1.165, 1.54) is 0 Å². The fourth-order valence-electron chi connectivity index (χ4n) is 2.59. The SMILES string of the molecule is O=C1C(=Nc2ccc(Br)cc2)c2ccccc2N1c1ccsc1. The van der Waals surface area contributed by atoms with Crippen LogP contribution in [-0.4, -0.2) is 11.6 Å². The highest BCUT2D eigenvalue weighted by molar-refractivity contribution is 9.10. The second-order valence-electron chi connectivity index (χ2n) is 5.08. The number of halogens is 1. The number of amides is 1. The second-order valence-corrected chi connectivity index (χ2v) is 6.77.